The molecule has 8 nitrogen and oxygen atoms in total. The molecular formula is C27H32N2O6. The topological polar surface area (TPSA) is 114 Å². The number of hydrogen-bond donors (Lipinski definition) is 3. The van der Waals surface area contributed by atoms with Gasteiger partial charge in [0.2, 0.25) is 5.91 Å². The number of nitrogens with one attached hydrogen (secondary N) is 2. The van der Waals surface area contributed by atoms with Crippen molar-refractivity contribution in [2.45, 2.75) is 56.6 Å². The van der Waals surface area contributed by atoms with Crippen molar-refractivity contribution in [2.75, 3.05) is 19.8 Å². The van der Waals surface area contributed by atoms with E-state index < -0.39 is 29.6 Å². The first-order valence-corrected chi connectivity index (χ1v) is 12.2. The highest BCUT2D eigenvalue weighted by molar-refractivity contribution is 5.87. The summed E-state index contributed by atoms with van der Waals surface area (Å²) in [7, 11) is 0. The fourth-order valence-corrected chi connectivity index (χ4v) is 5.17. The Kier molecular flexibility index (Phi) is 7.70. The Morgan fingerprint density at radius 2 is 1.63 bits per heavy atom. The second kappa shape index (κ2) is 10.9. The van der Waals surface area contributed by atoms with E-state index in [2.05, 4.69) is 34.9 Å². The molecule has 0 spiro atoms. The van der Waals surface area contributed by atoms with Crippen LogP contribution in [0.25, 0.3) is 11.1 Å². The zero-order valence-electron chi connectivity index (χ0n) is 19.9. The van der Waals surface area contributed by atoms with Crippen LogP contribution < -0.4 is 10.6 Å². The molecule has 35 heavy (non-hydrogen) atoms. The van der Waals surface area contributed by atoms with Gasteiger partial charge in [-0.2, -0.15) is 0 Å². The zero-order valence-corrected chi connectivity index (χ0v) is 19.9. The van der Waals surface area contributed by atoms with Crippen LogP contribution in [0.4, 0.5) is 4.79 Å². The van der Waals surface area contributed by atoms with Crippen LogP contribution in [-0.2, 0) is 19.1 Å². The molecule has 0 radical (unpaired) electrons. The molecule has 1 atom stereocenters. The summed E-state index contributed by atoms with van der Waals surface area (Å²) in [5, 5.41) is 15.0. The van der Waals surface area contributed by atoms with Gasteiger partial charge in [-0.1, -0.05) is 61.4 Å². The first-order valence-electron chi connectivity index (χ1n) is 12.2. The molecule has 1 unspecified atom stereocenters. The summed E-state index contributed by atoms with van der Waals surface area (Å²) >= 11 is 0. The fourth-order valence-electron chi connectivity index (χ4n) is 5.17. The predicted octanol–water partition coefficient (Wildman–Crippen LogP) is 3.83. The largest absolute Gasteiger partial charge is 0.480 e. The first-order chi connectivity index (χ1) is 16.9. The Labute approximate surface area is 205 Å². The SMILES string of the molecule is CCOC(CNC(=O)OCC1c2ccccc2-c2ccccc21)CC(=O)NC1(C(=O)O)CCCC1. The summed E-state index contributed by atoms with van der Waals surface area (Å²) in [6.45, 7) is 2.43. The molecule has 3 N–H and O–H groups in total. The Morgan fingerprint density at radius 3 is 2.20 bits per heavy atom. The molecule has 2 aliphatic carbocycles. The minimum absolute atomic E-state index is 0.0414. The number of carboxylic acid groups (broad SMARTS) is 1. The third kappa shape index (κ3) is 5.48. The monoisotopic (exact) mass is 480 g/mol. The maximum Gasteiger partial charge on any atom is 0.407 e. The van der Waals surface area contributed by atoms with Crippen molar-refractivity contribution in [1.29, 1.82) is 0 Å². The maximum absolute atomic E-state index is 12.6. The smallest absolute Gasteiger partial charge is 0.407 e. The number of rotatable bonds is 10. The highest BCUT2D eigenvalue weighted by atomic mass is 16.5. The van der Waals surface area contributed by atoms with Crippen LogP contribution in [0.2, 0.25) is 0 Å². The van der Waals surface area contributed by atoms with Gasteiger partial charge >= 0.3 is 12.1 Å². The number of fused-ring (bicyclic) bond motifs is 3. The van der Waals surface area contributed by atoms with Crippen molar-refractivity contribution in [3.63, 3.8) is 0 Å². The van der Waals surface area contributed by atoms with Crippen LogP contribution in [0, 0.1) is 0 Å². The van der Waals surface area contributed by atoms with E-state index in [1.54, 1.807) is 6.92 Å². The molecule has 0 bridgehead atoms. The van der Waals surface area contributed by atoms with Gasteiger partial charge in [0.1, 0.15) is 12.1 Å². The van der Waals surface area contributed by atoms with E-state index in [0.29, 0.717) is 19.4 Å². The molecule has 1 fully saturated rings. The minimum Gasteiger partial charge on any atom is -0.480 e. The number of carbonyl (C=O) groups is 3. The van der Waals surface area contributed by atoms with Crippen molar-refractivity contribution in [3.8, 4) is 11.1 Å². The van der Waals surface area contributed by atoms with Gasteiger partial charge in [0, 0.05) is 19.1 Å². The van der Waals surface area contributed by atoms with E-state index in [0.717, 1.165) is 35.1 Å². The van der Waals surface area contributed by atoms with E-state index in [1.165, 1.54) is 0 Å². The lowest BCUT2D eigenvalue weighted by molar-refractivity contribution is -0.147. The third-order valence-corrected chi connectivity index (χ3v) is 6.88. The summed E-state index contributed by atoms with van der Waals surface area (Å²) in [6.07, 6.45) is 1.15. The zero-order chi connectivity index (χ0) is 24.8. The van der Waals surface area contributed by atoms with Crippen LogP contribution in [0.1, 0.15) is 56.1 Å². The Balaban J connectivity index is 1.30. The molecule has 2 aromatic rings. The molecule has 0 heterocycles. The molecular weight excluding hydrogens is 448 g/mol. The van der Waals surface area contributed by atoms with Crippen LogP contribution >= 0.6 is 0 Å². The van der Waals surface area contributed by atoms with Crippen molar-refractivity contribution < 1.29 is 29.0 Å². The van der Waals surface area contributed by atoms with Crippen LogP contribution in [-0.4, -0.2) is 54.5 Å². The average molecular weight is 481 g/mol. The van der Waals surface area contributed by atoms with Gasteiger partial charge in [0.15, 0.2) is 0 Å². The number of aliphatic carboxylic acids is 1. The molecule has 1 saturated carbocycles. The van der Waals surface area contributed by atoms with E-state index in [4.69, 9.17) is 9.47 Å². The highest BCUT2D eigenvalue weighted by Gasteiger charge is 2.42. The van der Waals surface area contributed by atoms with Gasteiger partial charge < -0.3 is 25.2 Å². The molecule has 0 aromatic heterocycles. The minimum atomic E-state index is -1.20. The second-order valence-electron chi connectivity index (χ2n) is 9.13. The third-order valence-electron chi connectivity index (χ3n) is 6.88. The standard InChI is InChI=1S/C27H32N2O6/c1-2-34-18(15-24(30)29-27(25(31)32)13-7-8-14-27)16-28-26(33)35-17-23-21-11-5-3-9-19(21)20-10-4-6-12-22(20)23/h3-6,9-12,18,23H,2,7-8,13-17H2,1H3,(H,28,33)(H,29,30)(H,31,32). The van der Waals surface area contributed by atoms with E-state index in [9.17, 15) is 19.5 Å². The Bertz CT molecular complexity index is 1030. The van der Waals surface area contributed by atoms with Crippen LogP contribution in [0.5, 0.6) is 0 Å². The van der Waals surface area contributed by atoms with Crippen LogP contribution in [0.3, 0.4) is 0 Å². The summed E-state index contributed by atoms with van der Waals surface area (Å²) in [6, 6.07) is 16.2. The highest BCUT2D eigenvalue weighted by Crippen LogP contribution is 2.44. The number of ether oxygens (including phenoxy) is 2. The lowest BCUT2D eigenvalue weighted by Gasteiger charge is -2.26. The second-order valence-corrected chi connectivity index (χ2v) is 9.13. The van der Waals surface area contributed by atoms with Gasteiger partial charge in [0.05, 0.1) is 12.5 Å². The number of amides is 2. The lowest BCUT2D eigenvalue weighted by atomic mass is 9.97. The van der Waals surface area contributed by atoms with Gasteiger partial charge in [-0.15, -0.1) is 0 Å². The molecule has 4 rings (SSSR count). The summed E-state index contributed by atoms with van der Waals surface area (Å²) in [4.78, 5) is 36.7. The van der Waals surface area contributed by atoms with E-state index in [1.807, 2.05) is 24.3 Å². The van der Waals surface area contributed by atoms with E-state index >= 15 is 0 Å². The molecule has 0 aliphatic heterocycles. The number of hydrogen-bond acceptors (Lipinski definition) is 5. The number of carbonyl (C=O) groups excluding carboxylic acids is 2. The number of carboxylic acids is 1. The van der Waals surface area contributed by atoms with Crippen molar-refractivity contribution in [3.05, 3.63) is 59.7 Å². The average Bonchev–Trinajstić information content (AvgIpc) is 3.45. The van der Waals surface area contributed by atoms with Gasteiger partial charge in [-0.05, 0) is 42.0 Å². The summed E-state index contributed by atoms with van der Waals surface area (Å²) < 4.78 is 11.2. The van der Waals surface area contributed by atoms with Gasteiger partial charge in [0.25, 0.3) is 0 Å². The maximum atomic E-state index is 12.6. The molecule has 2 aromatic carbocycles. The fraction of sp³-hybridized carbons (Fsp3) is 0.444. The molecule has 8 heteroatoms. The van der Waals surface area contributed by atoms with Crippen molar-refractivity contribution in [1.82, 2.24) is 10.6 Å². The molecule has 186 valence electrons. The van der Waals surface area contributed by atoms with Gasteiger partial charge in [-0.25, -0.2) is 9.59 Å². The van der Waals surface area contributed by atoms with Crippen molar-refractivity contribution in [2.24, 2.45) is 0 Å². The normalized spacial score (nSPS) is 16.7. The van der Waals surface area contributed by atoms with Crippen LogP contribution in [0.15, 0.2) is 48.5 Å². The lowest BCUT2D eigenvalue weighted by Crippen LogP contribution is -2.53. The molecule has 2 aliphatic rings. The Hall–Kier alpha value is -3.39. The molecule has 2 amide bonds. The Morgan fingerprint density at radius 1 is 1.03 bits per heavy atom. The summed E-state index contributed by atoms with van der Waals surface area (Å²) in [5.41, 5.74) is 3.37. The van der Waals surface area contributed by atoms with Crippen molar-refractivity contribution >= 4 is 18.0 Å². The first kappa shape index (κ1) is 24.7. The number of benzene rings is 2. The quantitative estimate of drug-likeness (QED) is 0.476. The molecule has 0 saturated heterocycles. The summed E-state index contributed by atoms with van der Waals surface area (Å²) in [5.74, 6) is -1.45. The number of alkyl carbamates (subject to hydrolysis) is 1. The van der Waals surface area contributed by atoms with E-state index in [-0.39, 0.29) is 25.5 Å². The predicted molar refractivity (Wildman–Crippen MR) is 130 cm³/mol. The van der Waals surface area contributed by atoms with Gasteiger partial charge in [-0.3, -0.25) is 4.79 Å².